The van der Waals surface area contributed by atoms with Gasteiger partial charge in [-0.3, -0.25) is 9.48 Å². The number of nitrogens with zero attached hydrogens (tertiary/aromatic N) is 3. The van der Waals surface area contributed by atoms with E-state index in [1.54, 1.807) is 11.8 Å². The van der Waals surface area contributed by atoms with Gasteiger partial charge in [-0.1, -0.05) is 32.0 Å². The molecule has 0 radical (unpaired) electrons. The van der Waals surface area contributed by atoms with E-state index in [2.05, 4.69) is 43.2 Å². The van der Waals surface area contributed by atoms with E-state index < -0.39 is 0 Å². The maximum absolute atomic E-state index is 13.1. The second kappa shape index (κ2) is 5.96. The molecular weight excluding hydrogens is 318 g/mol. The number of piperidine rings is 1. The Morgan fingerprint density at radius 2 is 1.92 bits per heavy atom. The Balaban J connectivity index is 1.73. The lowest BCUT2D eigenvalue weighted by Crippen LogP contribution is -2.43. The van der Waals surface area contributed by atoms with Crippen molar-refractivity contribution in [2.45, 2.75) is 30.9 Å². The van der Waals surface area contributed by atoms with Gasteiger partial charge in [0.2, 0.25) is 0 Å². The van der Waals surface area contributed by atoms with Gasteiger partial charge in [-0.25, -0.2) is 0 Å². The van der Waals surface area contributed by atoms with Crippen molar-refractivity contribution < 1.29 is 4.79 Å². The number of carbonyl (C=O) groups is 1. The molecular formula is C19H23N3OS. The van der Waals surface area contributed by atoms with Gasteiger partial charge >= 0.3 is 0 Å². The van der Waals surface area contributed by atoms with Gasteiger partial charge in [0, 0.05) is 41.9 Å². The summed E-state index contributed by atoms with van der Waals surface area (Å²) in [4.78, 5) is 16.4. The summed E-state index contributed by atoms with van der Waals surface area (Å²) in [7, 11) is 1.95. The Kier molecular flexibility index (Phi) is 3.91. The van der Waals surface area contributed by atoms with Gasteiger partial charge in [0.1, 0.15) is 0 Å². The highest BCUT2D eigenvalue weighted by molar-refractivity contribution is 7.98. The van der Waals surface area contributed by atoms with Crippen molar-refractivity contribution in [3.05, 3.63) is 35.5 Å². The van der Waals surface area contributed by atoms with E-state index in [0.29, 0.717) is 17.5 Å². The molecule has 0 bridgehead atoms. The van der Waals surface area contributed by atoms with Gasteiger partial charge in [0.25, 0.3) is 5.91 Å². The van der Waals surface area contributed by atoms with Crippen molar-refractivity contribution in [3.63, 3.8) is 0 Å². The molecule has 0 N–H and O–H groups in total. The van der Waals surface area contributed by atoms with Crippen LogP contribution in [0.2, 0.25) is 0 Å². The lowest BCUT2D eigenvalue weighted by atomic mass is 9.91. The molecule has 1 aromatic heterocycles. The topological polar surface area (TPSA) is 38.1 Å². The fourth-order valence-electron chi connectivity index (χ4n) is 4.13. The molecule has 0 spiro atoms. The van der Waals surface area contributed by atoms with Crippen LogP contribution in [0.5, 0.6) is 0 Å². The molecule has 5 heteroatoms. The molecule has 1 amide bonds. The van der Waals surface area contributed by atoms with Gasteiger partial charge in [-0.05, 0) is 24.3 Å². The maximum Gasteiger partial charge on any atom is 0.274 e. The molecule has 1 fully saturated rings. The Labute approximate surface area is 147 Å². The summed E-state index contributed by atoms with van der Waals surface area (Å²) in [6, 6.07) is 8.39. The van der Waals surface area contributed by atoms with E-state index in [0.717, 1.165) is 30.1 Å². The minimum atomic E-state index is 0.102. The number of likely N-dealkylation sites (tertiary alicyclic amines) is 1. The molecule has 2 atom stereocenters. The van der Waals surface area contributed by atoms with Crippen molar-refractivity contribution in [3.8, 4) is 11.3 Å². The lowest BCUT2D eigenvalue weighted by molar-refractivity contribution is 0.0615. The highest BCUT2D eigenvalue weighted by atomic mass is 32.2. The standard InChI is InChI=1S/C19H23N3OS/c1-12-8-13(2)10-22(9-12)19(23)17-15-11-24-16-7-5-4-6-14(16)18(15)21(3)20-17/h4-7,12-13H,8-11H2,1-3H3/t12-,13+. The molecule has 2 aliphatic heterocycles. The summed E-state index contributed by atoms with van der Waals surface area (Å²) in [5.41, 5.74) is 4.04. The van der Waals surface area contributed by atoms with E-state index in [1.807, 2.05) is 16.6 Å². The van der Waals surface area contributed by atoms with Crippen LogP contribution in [0.15, 0.2) is 29.2 Å². The van der Waals surface area contributed by atoms with Crippen molar-refractivity contribution in [2.24, 2.45) is 18.9 Å². The lowest BCUT2D eigenvalue weighted by Gasteiger charge is -2.34. The van der Waals surface area contributed by atoms with Gasteiger partial charge in [-0.15, -0.1) is 11.8 Å². The van der Waals surface area contributed by atoms with Crippen LogP contribution in [-0.2, 0) is 12.8 Å². The third-order valence-corrected chi connectivity index (χ3v) is 6.12. The first kappa shape index (κ1) is 15.8. The molecule has 1 saturated heterocycles. The smallest absolute Gasteiger partial charge is 0.274 e. The highest BCUT2D eigenvalue weighted by Crippen LogP contribution is 2.42. The molecule has 2 aliphatic rings. The zero-order valence-corrected chi connectivity index (χ0v) is 15.3. The van der Waals surface area contributed by atoms with Gasteiger partial charge in [0.05, 0.1) is 5.69 Å². The number of hydrogen-bond acceptors (Lipinski definition) is 3. The first-order chi connectivity index (χ1) is 11.5. The Morgan fingerprint density at radius 1 is 1.21 bits per heavy atom. The predicted molar refractivity (Wildman–Crippen MR) is 97.1 cm³/mol. The molecule has 24 heavy (non-hydrogen) atoms. The van der Waals surface area contributed by atoms with E-state index in [9.17, 15) is 4.79 Å². The van der Waals surface area contributed by atoms with Gasteiger partial charge in [-0.2, -0.15) is 5.10 Å². The largest absolute Gasteiger partial charge is 0.337 e. The van der Waals surface area contributed by atoms with E-state index in [4.69, 9.17) is 0 Å². The summed E-state index contributed by atoms with van der Waals surface area (Å²) >= 11 is 1.80. The van der Waals surface area contributed by atoms with Crippen molar-refractivity contribution in [1.29, 1.82) is 0 Å². The zero-order chi connectivity index (χ0) is 16.8. The number of amides is 1. The zero-order valence-electron chi connectivity index (χ0n) is 14.5. The van der Waals surface area contributed by atoms with Crippen molar-refractivity contribution in [2.75, 3.05) is 13.1 Å². The van der Waals surface area contributed by atoms with Crippen LogP contribution in [0.25, 0.3) is 11.3 Å². The monoisotopic (exact) mass is 341 g/mol. The Bertz CT molecular complexity index is 788. The highest BCUT2D eigenvalue weighted by Gasteiger charge is 2.32. The number of carbonyl (C=O) groups excluding carboxylic acids is 1. The number of thioether (sulfide) groups is 1. The van der Waals surface area contributed by atoms with Crippen LogP contribution < -0.4 is 0 Å². The van der Waals surface area contributed by atoms with Crippen LogP contribution in [0.4, 0.5) is 0 Å². The van der Waals surface area contributed by atoms with E-state index >= 15 is 0 Å². The number of hydrogen-bond donors (Lipinski definition) is 0. The van der Waals surface area contributed by atoms with E-state index in [-0.39, 0.29) is 5.91 Å². The molecule has 3 heterocycles. The summed E-state index contributed by atoms with van der Waals surface area (Å²) in [5, 5.41) is 4.63. The average Bonchev–Trinajstić information content (AvgIpc) is 2.90. The van der Waals surface area contributed by atoms with E-state index in [1.165, 1.54) is 16.9 Å². The number of aromatic nitrogens is 2. The number of rotatable bonds is 1. The molecule has 0 unspecified atom stereocenters. The van der Waals surface area contributed by atoms with Crippen LogP contribution in [0.1, 0.15) is 36.3 Å². The summed E-state index contributed by atoms with van der Waals surface area (Å²) in [6.45, 7) is 6.16. The predicted octanol–water partition coefficient (Wildman–Crippen LogP) is 3.81. The first-order valence-corrected chi connectivity index (χ1v) is 9.60. The average molecular weight is 341 g/mol. The number of fused-ring (bicyclic) bond motifs is 3. The molecule has 0 saturated carbocycles. The maximum atomic E-state index is 13.1. The number of benzene rings is 1. The number of aryl methyl sites for hydroxylation is 1. The van der Waals surface area contributed by atoms with Crippen LogP contribution in [0.3, 0.4) is 0 Å². The van der Waals surface area contributed by atoms with Gasteiger partial charge in [0.15, 0.2) is 5.69 Å². The SMILES string of the molecule is C[C@@H]1C[C@H](C)CN(C(=O)c2nn(C)c3c2CSc2ccccc2-3)C1. The second-order valence-electron chi connectivity index (χ2n) is 7.24. The Hall–Kier alpha value is -1.75. The van der Waals surface area contributed by atoms with Crippen LogP contribution in [-0.4, -0.2) is 33.7 Å². The normalized spacial score (nSPS) is 22.9. The minimum absolute atomic E-state index is 0.102. The molecule has 2 aromatic rings. The van der Waals surface area contributed by atoms with Crippen molar-refractivity contribution >= 4 is 17.7 Å². The van der Waals surface area contributed by atoms with Crippen molar-refractivity contribution in [1.82, 2.24) is 14.7 Å². The summed E-state index contributed by atoms with van der Waals surface area (Å²) in [6.07, 6.45) is 1.20. The first-order valence-electron chi connectivity index (χ1n) is 8.62. The molecule has 126 valence electrons. The summed E-state index contributed by atoms with van der Waals surface area (Å²) in [5.74, 6) is 2.05. The molecule has 0 aliphatic carbocycles. The minimum Gasteiger partial charge on any atom is -0.337 e. The van der Waals surface area contributed by atoms with Crippen LogP contribution in [0, 0.1) is 11.8 Å². The molecule has 4 rings (SSSR count). The molecule has 4 nitrogen and oxygen atoms in total. The summed E-state index contributed by atoms with van der Waals surface area (Å²) < 4.78 is 1.89. The van der Waals surface area contributed by atoms with Crippen LogP contribution >= 0.6 is 11.8 Å². The Morgan fingerprint density at radius 3 is 2.67 bits per heavy atom. The fourth-order valence-corrected chi connectivity index (χ4v) is 5.20. The third kappa shape index (κ3) is 2.55. The quantitative estimate of drug-likeness (QED) is 0.791. The second-order valence-corrected chi connectivity index (χ2v) is 8.26. The van der Waals surface area contributed by atoms with Gasteiger partial charge < -0.3 is 4.90 Å². The fraction of sp³-hybridized carbons (Fsp3) is 0.474. The molecule has 1 aromatic carbocycles. The third-order valence-electron chi connectivity index (χ3n) is 5.02.